The largest absolute Gasteiger partial charge is 0.460 e. The molecule has 0 atom stereocenters. The van der Waals surface area contributed by atoms with Gasteiger partial charge < -0.3 is 0 Å². The van der Waals surface area contributed by atoms with Gasteiger partial charge in [-0.25, -0.2) is 0 Å². The quantitative estimate of drug-likeness (QED) is 0.513. The Balaban J connectivity index is 5.29. The van der Waals surface area contributed by atoms with Crippen LogP contribution in [0.5, 0.6) is 0 Å². The lowest BCUT2D eigenvalue weighted by molar-refractivity contribution is -0.338. The highest BCUT2D eigenvalue weighted by atomic mass is 19.4. The number of halogens is 9. The Morgan fingerprint density at radius 1 is 0.857 bits per heavy atom. The summed E-state index contributed by atoms with van der Waals surface area (Å²) in [4.78, 5) is 0. The van der Waals surface area contributed by atoms with Gasteiger partial charge in [-0.15, -0.1) is 0 Å². The Bertz CT molecular complexity index is 238. The van der Waals surface area contributed by atoms with Gasteiger partial charge in [0.2, 0.25) is 0 Å². The highest BCUT2D eigenvalue weighted by molar-refractivity contribution is 5.83. The summed E-state index contributed by atoms with van der Waals surface area (Å²) in [7, 11) is 0. The van der Waals surface area contributed by atoms with E-state index in [0.717, 1.165) is 0 Å². The molecule has 0 aliphatic heterocycles. The van der Waals surface area contributed by atoms with Crippen LogP contribution in [0.4, 0.5) is 39.6 Å². The van der Waals surface area contributed by atoms with Gasteiger partial charge in [0.05, 0.1) is 0 Å². The molecule has 0 aromatic rings. The molecule has 0 heterocycles. The second-order valence-electron chi connectivity index (χ2n) is 2.02. The first-order valence-electron chi connectivity index (χ1n) is 2.65. The normalized spacial score (nSPS) is 15.9. The van der Waals surface area contributed by atoms with Crippen molar-refractivity contribution < 1.29 is 39.6 Å². The van der Waals surface area contributed by atoms with Crippen molar-refractivity contribution in [1.82, 2.24) is 0 Å². The Morgan fingerprint density at radius 2 is 1.21 bits per heavy atom. The molecule has 0 amide bonds. The fraction of sp³-hybridized carbons (Fsp3) is 0.750. The first-order valence-corrected chi connectivity index (χ1v) is 2.65. The average Bonchev–Trinajstić information content (AvgIpc) is 2.00. The molecule has 1 nitrogen and oxygen atoms in total. The van der Waals surface area contributed by atoms with Crippen LogP contribution < -0.4 is 0 Å². The molecule has 14 heavy (non-hydrogen) atoms. The van der Waals surface area contributed by atoms with E-state index < -0.39 is 24.0 Å². The van der Waals surface area contributed by atoms with Crippen LogP contribution in [-0.2, 0) is 0 Å². The monoisotopic (exact) mass is 233 g/mol. The van der Waals surface area contributed by atoms with E-state index in [9.17, 15) is 39.6 Å². The molecule has 84 valence electrons. The molecule has 0 aliphatic rings. The summed E-state index contributed by atoms with van der Waals surface area (Å²) in [6.45, 7) is 0. The zero-order chi connectivity index (χ0) is 11.8. The second-order valence-corrected chi connectivity index (χ2v) is 2.02. The van der Waals surface area contributed by atoms with Crippen LogP contribution in [-0.4, -0.2) is 24.0 Å². The van der Waals surface area contributed by atoms with Crippen LogP contribution in [0.25, 0.3) is 0 Å². The zero-order valence-electron chi connectivity index (χ0n) is 5.85. The molecule has 0 spiro atoms. The smallest absolute Gasteiger partial charge is 0.189 e. The van der Waals surface area contributed by atoms with Gasteiger partial charge >= 0.3 is 18.0 Å². The van der Waals surface area contributed by atoms with Crippen molar-refractivity contribution in [2.24, 2.45) is 5.21 Å². The van der Waals surface area contributed by atoms with Gasteiger partial charge in [-0.3, -0.25) is 0 Å². The third kappa shape index (κ3) is 1.77. The van der Waals surface area contributed by atoms with Gasteiger partial charge in [-0.1, -0.05) is 9.70 Å². The van der Waals surface area contributed by atoms with Crippen molar-refractivity contribution in [3.63, 3.8) is 0 Å². The molecule has 0 aromatic heterocycles. The SMILES string of the molecule is FN=C(F)C(F)(F)C(F)(F)C(F)(F)F. The van der Waals surface area contributed by atoms with Gasteiger partial charge in [-0.2, -0.15) is 35.1 Å². The van der Waals surface area contributed by atoms with E-state index in [1.807, 2.05) is 0 Å². The van der Waals surface area contributed by atoms with Crippen LogP contribution >= 0.6 is 0 Å². The standard InChI is InChI=1S/C4F9N/c5-1(14-13)2(6,7)3(8,9)4(10,11)12. The van der Waals surface area contributed by atoms with E-state index in [2.05, 4.69) is 0 Å². The predicted octanol–water partition coefficient (Wildman–Crippen LogP) is 3.07. The minimum absolute atomic E-state index is 0.460. The summed E-state index contributed by atoms with van der Waals surface area (Å²) in [6.07, 6.45) is -6.71. The van der Waals surface area contributed by atoms with Crippen molar-refractivity contribution in [2.75, 3.05) is 0 Å². The second kappa shape index (κ2) is 3.31. The van der Waals surface area contributed by atoms with Crippen LogP contribution in [0.1, 0.15) is 0 Å². The maximum absolute atomic E-state index is 11.9. The molecule has 10 heteroatoms. The number of hydrogen-bond donors (Lipinski definition) is 0. The highest BCUT2D eigenvalue weighted by Gasteiger charge is 2.76. The summed E-state index contributed by atoms with van der Waals surface area (Å²) >= 11 is 0. The maximum atomic E-state index is 11.9. The van der Waals surface area contributed by atoms with E-state index in [0.29, 0.717) is 5.21 Å². The number of rotatable bonds is 2. The lowest BCUT2D eigenvalue weighted by Gasteiger charge is -2.25. The minimum Gasteiger partial charge on any atom is -0.189 e. The minimum atomic E-state index is -6.72. The lowest BCUT2D eigenvalue weighted by atomic mass is 10.1. The molecular weight excluding hydrogens is 233 g/mol. The molecule has 0 saturated heterocycles. The van der Waals surface area contributed by atoms with E-state index in [1.165, 1.54) is 0 Å². The Labute approximate surface area is 70.2 Å². The Hall–Kier alpha value is -0.960. The van der Waals surface area contributed by atoms with Gasteiger partial charge in [0, 0.05) is 0 Å². The maximum Gasteiger partial charge on any atom is 0.460 e. The molecule has 0 aromatic carbocycles. The number of alkyl halides is 7. The number of hydrogen-bond acceptors (Lipinski definition) is 1. The predicted molar refractivity (Wildman–Crippen MR) is 25.6 cm³/mol. The van der Waals surface area contributed by atoms with Crippen LogP contribution in [0.2, 0.25) is 0 Å². The van der Waals surface area contributed by atoms with E-state index in [-0.39, 0.29) is 0 Å². The molecule has 0 fully saturated rings. The van der Waals surface area contributed by atoms with Crippen molar-refractivity contribution in [3.05, 3.63) is 0 Å². The molecule has 0 N–H and O–H groups in total. The lowest BCUT2D eigenvalue weighted by Crippen LogP contribution is -2.55. The topological polar surface area (TPSA) is 12.4 Å². The first kappa shape index (κ1) is 13.0. The van der Waals surface area contributed by atoms with E-state index in [1.54, 1.807) is 0 Å². The van der Waals surface area contributed by atoms with Gasteiger partial charge in [0.25, 0.3) is 5.97 Å². The van der Waals surface area contributed by atoms with Crippen molar-refractivity contribution in [1.29, 1.82) is 0 Å². The molecule has 0 aliphatic carbocycles. The summed E-state index contributed by atoms with van der Waals surface area (Å²) in [5.74, 6) is -16.8. The molecular formula is C4F9N. The summed E-state index contributed by atoms with van der Waals surface area (Å²) < 4.78 is 103. The van der Waals surface area contributed by atoms with Gasteiger partial charge in [0.1, 0.15) is 0 Å². The first-order chi connectivity index (χ1) is 5.98. The third-order valence-corrected chi connectivity index (χ3v) is 1.08. The van der Waals surface area contributed by atoms with Crippen LogP contribution in [0.15, 0.2) is 5.21 Å². The van der Waals surface area contributed by atoms with Gasteiger partial charge in [-0.05, 0) is 0 Å². The van der Waals surface area contributed by atoms with E-state index >= 15 is 0 Å². The fourth-order valence-electron chi connectivity index (χ4n) is 0.361. The van der Waals surface area contributed by atoms with Crippen LogP contribution in [0, 0.1) is 0 Å². The van der Waals surface area contributed by atoms with Gasteiger partial charge in [0.15, 0.2) is 0 Å². The molecule has 0 bridgehead atoms. The summed E-state index contributed by atoms with van der Waals surface area (Å²) in [6, 6.07) is 0. The van der Waals surface area contributed by atoms with Crippen molar-refractivity contribution >= 4 is 5.97 Å². The van der Waals surface area contributed by atoms with Crippen molar-refractivity contribution in [2.45, 2.75) is 18.0 Å². The summed E-state index contributed by atoms with van der Waals surface area (Å²) in [5.41, 5.74) is 0. The molecule has 0 radical (unpaired) electrons. The zero-order valence-corrected chi connectivity index (χ0v) is 5.85. The molecule has 0 unspecified atom stereocenters. The molecule has 0 rings (SSSR count). The fourth-order valence-corrected chi connectivity index (χ4v) is 0.361. The van der Waals surface area contributed by atoms with Crippen LogP contribution in [0.3, 0.4) is 0 Å². The Kier molecular flexibility index (Phi) is 3.09. The summed E-state index contributed by atoms with van der Waals surface area (Å²) in [5, 5.41) is 0.460. The van der Waals surface area contributed by atoms with E-state index in [4.69, 9.17) is 0 Å². The molecule has 0 saturated carbocycles. The third-order valence-electron chi connectivity index (χ3n) is 1.08. The van der Waals surface area contributed by atoms with Crippen molar-refractivity contribution in [3.8, 4) is 0 Å². The Morgan fingerprint density at radius 3 is 1.43 bits per heavy atom. The highest BCUT2D eigenvalue weighted by Crippen LogP contribution is 2.47. The average molecular weight is 233 g/mol. The number of nitrogens with zero attached hydrogens (tertiary/aromatic N) is 1.